The number of aliphatic hydroxyl groups excluding tert-OH is 1. The fraction of sp³-hybridized carbons (Fsp3) is 0.200. The molecule has 0 fully saturated rings. The molecule has 1 rings (SSSR count). The van der Waals surface area contributed by atoms with Gasteiger partial charge in [-0.15, -0.1) is 0 Å². The molecule has 1 unspecified atom stereocenters. The first-order valence-corrected chi connectivity index (χ1v) is 4.21. The maximum Gasteiger partial charge on any atom is 0.123 e. The molecule has 13 heavy (non-hydrogen) atoms. The lowest BCUT2D eigenvalue weighted by molar-refractivity contribution is 0.141. The minimum atomic E-state index is -0.929. The van der Waals surface area contributed by atoms with Crippen LogP contribution in [0.2, 0.25) is 0 Å². The quantitative estimate of drug-likeness (QED) is 0.800. The molecule has 0 saturated heterocycles. The van der Waals surface area contributed by atoms with Crippen molar-refractivity contribution < 1.29 is 9.84 Å². The molecular weight excluding hydrogens is 188 g/mol. The number of rotatable bonds is 4. The van der Waals surface area contributed by atoms with Crippen LogP contribution in [0.1, 0.15) is 0 Å². The van der Waals surface area contributed by atoms with Crippen LogP contribution in [-0.4, -0.2) is 17.8 Å². The smallest absolute Gasteiger partial charge is 0.123 e. The SMILES string of the molecule is [CH]=C(Cl)C(O)COc1ccccc1. The van der Waals surface area contributed by atoms with E-state index in [-0.39, 0.29) is 11.6 Å². The molecule has 0 aliphatic carbocycles. The van der Waals surface area contributed by atoms with Gasteiger partial charge in [-0.3, -0.25) is 0 Å². The van der Waals surface area contributed by atoms with Crippen LogP contribution in [0.5, 0.6) is 5.75 Å². The normalized spacial score (nSPS) is 12.2. The Kier molecular flexibility index (Phi) is 3.80. The fourth-order valence-electron chi connectivity index (χ4n) is 0.771. The highest BCUT2D eigenvalue weighted by Gasteiger charge is 2.06. The minimum absolute atomic E-state index is 0.0593. The Balaban J connectivity index is 2.39. The van der Waals surface area contributed by atoms with Gasteiger partial charge in [-0.25, -0.2) is 0 Å². The third-order valence-electron chi connectivity index (χ3n) is 1.47. The molecule has 0 saturated carbocycles. The Labute approximate surface area is 82.4 Å². The van der Waals surface area contributed by atoms with Crippen molar-refractivity contribution in [3.8, 4) is 5.75 Å². The molecule has 0 aliphatic heterocycles. The van der Waals surface area contributed by atoms with Crippen LogP contribution in [0.15, 0.2) is 35.4 Å². The van der Waals surface area contributed by atoms with Gasteiger partial charge >= 0.3 is 0 Å². The van der Waals surface area contributed by atoms with E-state index in [4.69, 9.17) is 28.0 Å². The van der Waals surface area contributed by atoms with Crippen molar-refractivity contribution in [2.75, 3.05) is 6.61 Å². The second-order valence-corrected chi connectivity index (χ2v) is 2.96. The summed E-state index contributed by atoms with van der Waals surface area (Å²) in [6, 6.07) is 9.14. The molecule has 69 valence electrons. The summed E-state index contributed by atoms with van der Waals surface area (Å²) in [5.74, 6) is 0.680. The highest BCUT2D eigenvalue weighted by Crippen LogP contribution is 2.11. The molecule has 0 amide bonds. The maximum atomic E-state index is 9.17. The predicted molar refractivity (Wildman–Crippen MR) is 51.6 cm³/mol. The lowest BCUT2D eigenvalue weighted by Crippen LogP contribution is -2.17. The first-order valence-electron chi connectivity index (χ1n) is 3.84. The van der Waals surface area contributed by atoms with Crippen LogP contribution in [0.3, 0.4) is 0 Å². The summed E-state index contributed by atoms with van der Waals surface area (Å²) in [5, 5.41) is 9.11. The Hall–Kier alpha value is -0.990. The number of ether oxygens (including phenoxy) is 1. The Bertz CT molecular complexity index is 272. The molecular formula is C10H10ClO2. The number of aliphatic hydroxyl groups is 1. The lowest BCUT2D eigenvalue weighted by Gasteiger charge is -2.10. The standard InChI is InChI=1S/C10H10ClO2/c1-8(11)10(12)7-13-9-5-3-2-4-6-9/h1-6,10,12H,7H2. The molecule has 0 bridgehead atoms. The topological polar surface area (TPSA) is 29.5 Å². The van der Waals surface area contributed by atoms with Gasteiger partial charge in [0.1, 0.15) is 18.5 Å². The molecule has 1 aromatic rings. The first-order chi connectivity index (χ1) is 6.20. The molecule has 0 aliphatic rings. The van der Waals surface area contributed by atoms with Gasteiger partial charge in [-0.2, -0.15) is 0 Å². The molecule has 1 aromatic carbocycles. The minimum Gasteiger partial charge on any atom is -0.490 e. The Morgan fingerprint density at radius 2 is 2.08 bits per heavy atom. The van der Waals surface area contributed by atoms with E-state index >= 15 is 0 Å². The van der Waals surface area contributed by atoms with Crippen molar-refractivity contribution in [1.82, 2.24) is 0 Å². The third-order valence-corrected chi connectivity index (χ3v) is 1.72. The number of hydrogen-bond acceptors (Lipinski definition) is 2. The van der Waals surface area contributed by atoms with Gasteiger partial charge in [0.25, 0.3) is 0 Å². The summed E-state index contributed by atoms with van der Waals surface area (Å²) in [4.78, 5) is 0. The van der Waals surface area contributed by atoms with Crippen LogP contribution in [0.25, 0.3) is 0 Å². The highest BCUT2D eigenvalue weighted by atomic mass is 35.5. The van der Waals surface area contributed by atoms with E-state index in [1.807, 2.05) is 18.2 Å². The van der Waals surface area contributed by atoms with Crippen LogP contribution in [0, 0.1) is 6.58 Å². The molecule has 3 heteroatoms. The average Bonchev–Trinajstić information content (AvgIpc) is 2.15. The van der Waals surface area contributed by atoms with Crippen molar-refractivity contribution in [2.45, 2.75) is 6.10 Å². The van der Waals surface area contributed by atoms with E-state index in [2.05, 4.69) is 0 Å². The molecule has 0 heterocycles. The maximum absolute atomic E-state index is 9.17. The number of hydrogen-bond donors (Lipinski definition) is 1. The van der Waals surface area contributed by atoms with Gasteiger partial charge in [0.2, 0.25) is 0 Å². The van der Waals surface area contributed by atoms with Gasteiger partial charge in [0.15, 0.2) is 0 Å². The fourth-order valence-corrected chi connectivity index (χ4v) is 0.834. The molecule has 0 aromatic heterocycles. The van der Waals surface area contributed by atoms with E-state index in [0.29, 0.717) is 5.75 Å². The van der Waals surface area contributed by atoms with Gasteiger partial charge in [0, 0.05) is 0 Å². The zero-order chi connectivity index (χ0) is 9.68. The largest absolute Gasteiger partial charge is 0.490 e. The van der Waals surface area contributed by atoms with Gasteiger partial charge in [0.05, 0.1) is 5.03 Å². The molecule has 1 radical (unpaired) electrons. The first kappa shape index (κ1) is 10.1. The second-order valence-electron chi connectivity index (χ2n) is 2.52. The number of para-hydroxylation sites is 1. The predicted octanol–water partition coefficient (Wildman–Crippen LogP) is 1.98. The lowest BCUT2D eigenvalue weighted by atomic mass is 10.3. The summed E-state index contributed by atoms with van der Waals surface area (Å²) >= 11 is 5.36. The van der Waals surface area contributed by atoms with Crippen molar-refractivity contribution in [1.29, 1.82) is 0 Å². The third kappa shape index (κ3) is 3.49. The van der Waals surface area contributed by atoms with Crippen LogP contribution in [-0.2, 0) is 0 Å². The zero-order valence-corrected chi connectivity index (χ0v) is 7.74. The van der Waals surface area contributed by atoms with Gasteiger partial charge in [-0.1, -0.05) is 29.8 Å². The van der Waals surface area contributed by atoms with E-state index in [0.717, 1.165) is 0 Å². The summed E-state index contributed by atoms with van der Waals surface area (Å²) in [6.07, 6.45) is -0.929. The molecule has 2 nitrogen and oxygen atoms in total. The van der Waals surface area contributed by atoms with Crippen LogP contribution >= 0.6 is 11.6 Å². The molecule has 1 N–H and O–H groups in total. The number of halogens is 1. The van der Waals surface area contributed by atoms with E-state index in [1.54, 1.807) is 12.1 Å². The second kappa shape index (κ2) is 4.90. The van der Waals surface area contributed by atoms with E-state index < -0.39 is 6.10 Å². The summed E-state index contributed by atoms with van der Waals surface area (Å²) in [5.41, 5.74) is 0. The Morgan fingerprint density at radius 3 is 2.62 bits per heavy atom. The van der Waals surface area contributed by atoms with Crippen molar-refractivity contribution in [3.63, 3.8) is 0 Å². The highest BCUT2D eigenvalue weighted by molar-refractivity contribution is 6.29. The summed E-state index contributed by atoms with van der Waals surface area (Å²) < 4.78 is 5.19. The number of benzene rings is 1. The van der Waals surface area contributed by atoms with Gasteiger partial charge in [-0.05, 0) is 18.7 Å². The Morgan fingerprint density at radius 1 is 1.46 bits per heavy atom. The van der Waals surface area contributed by atoms with Gasteiger partial charge < -0.3 is 9.84 Å². The van der Waals surface area contributed by atoms with E-state index in [1.165, 1.54) is 0 Å². The zero-order valence-electron chi connectivity index (χ0n) is 6.98. The summed E-state index contributed by atoms with van der Waals surface area (Å²) in [7, 11) is 0. The molecule has 1 atom stereocenters. The van der Waals surface area contributed by atoms with Crippen molar-refractivity contribution >= 4 is 11.6 Å². The molecule has 0 spiro atoms. The summed E-state index contributed by atoms with van der Waals surface area (Å²) in [6.45, 7) is 5.22. The van der Waals surface area contributed by atoms with Crippen LogP contribution in [0.4, 0.5) is 0 Å². The van der Waals surface area contributed by atoms with Crippen LogP contribution < -0.4 is 4.74 Å². The van der Waals surface area contributed by atoms with Crippen molar-refractivity contribution in [2.24, 2.45) is 0 Å². The average molecular weight is 198 g/mol. The van der Waals surface area contributed by atoms with E-state index in [9.17, 15) is 0 Å². The monoisotopic (exact) mass is 197 g/mol. The van der Waals surface area contributed by atoms with Crippen molar-refractivity contribution in [3.05, 3.63) is 41.9 Å².